The van der Waals surface area contributed by atoms with Crippen molar-refractivity contribution in [1.29, 1.82) is 0 Å². The number of benzene rings is 1. The van der Waals surface area contributed by atoms with Gasteiger partial charge in [0.2, 0.25) is 5.54 Å². The van der Waals surface area contributed by atoms with Gasteiger partial charge in [0, 0.05) is 26.1 Å². The van der Waals surface area contributed by atoms with E-state index >= 15 is 0 Å². The van der Waals surface area contributed by atoms with Crippen molar-refractivity contribution in [1.82, 2.24) is 9.71 Å². The van der Waals surface area contributed by atoms with E-state index in [4.69, 9.17) is 11.6 Å². The summed E-state index contributed by atoms with van der Waals surface area (Å²) in [6.07, 6.45) is -5.12. The van der Waals surface area contributed by atoms with Gasteiger partial charge in [0.15, 0.2) is 0 Å². The normalized spacial score (nSPS) is 15.8. The van der Waals surface area contributed by atoms with Crippen molar-refractivity contribution in [2.75, 3.05) is 6.61 Å². The van der Waals surface area contributed by atoms with Crippen molar-refractivity contribution < 1.29 is 27.9 Å². The van der Waals surface area contributed by atoms with Crippen LogP contribution in [0.1, 0.15) is 26.3 Å². The first-order chi connectivity index (χ1) is 13.2. The summed E-state index contributed by atoms with van der Waals surface area (Å²) >= 11 is 5.79. The molecule has 5 nitrogen and oxygen atoms in total. The van der Waals surface area contributed by atoms with Gasteiger partial charge in [-0.2, -0.15) is 13.2 Å². The van der Waals surface area contributed by atoms with Gasteiger partial charge in [0.1, 0.15) is 21.3 Å². The van der Waals surface area contributed by atoms with Crippen molar-refractivity contribution in [3.63, 3.8) is 0 Å². The molecule has 1 heterocycles. The molecule has 0 aliphatic rings. The van der Waals surface area contributed by atoms with E-state index in [9.17, 15) is 27.9 Å². The van der Waals surface area contributed by atoms with Gasteiger partial charge < -0.3 is 14.8 Å². The second kappa shape index (κ2) is 8.75. The smallest absolute Gasteiger partial charge is 0.417 e. The predicted molar refractivity (Wildman–Crippen MR) is 115 cm³/mol. The third-order valence-electron chi connectivity index (χ3n) is 4.08. The number of aliphatic hydroxyl groups excluding tert-OH is 1. The summed E-state index contributed by atoms with van der Waals surface area (Å²) in [6.45, 7) is 2.92. The molecule has 0 radical (unpaired) electrons. The largest absolute Gasteiger partial charge is 0.598 e. The Bertz CT molecular complexity index is 878. The molecule has 1 aromatic heterocycles. The monoisotopic (exact) mass is 562 g/mol. The van der Waals surface area contributed by atoms with Gasteiger partial charge in [-0.15, -0.1) is 4.72 Å². The number of hydrogen-bond acceptors (Lipinski definition) is 5. The zero-order valence-corrected chi connectivity index (χ0v) is 19.4. The Labute approximate surface area is 188 Å². The van der Waals surface area contributed by atoms with Crippen LogP contribution in [-0.4, -0.2) is 37.3 Å². The van der Waals surface area contributed by atoms with Crippen molar-refractivity contribution in [3.05, 3.63) is 44.6 Å². The number of aromatic nitrogens is 1. The van der Waals surface area contributed by atoms with E-state index in [2.05, 4.69) is 27.6 Å². The molecule has 0 saturated heterocycles. The van der Waals surface area contributed by atoms with E-state index in [0.29, 0.717) is 5.56 Å². The summed E-state index contributed by atoms with van der Waals surface area (Å²) in [7, 11) is 0. The fourth-order valence-corrected chi connectivity index (χ4v) is 3.89. The van der Waals surface area contributed by atoms with Gasteiger partial charge in [0.05, 0.1) is 6.61 Å². The van der Waals surface area contributed by atoms with Crippen LogP contribution in [0.2, 0.25) is 5.15 Å². The second-order valence-corrected chi connectivity index (χ2v) is 10.8. The summed E-state index contributed by atoms with van der Waals surface area (Å²) in [6, 6.07) is 7.32. The summed E-state index contributed by atoms with van der Waals surface area (Å²) < 4.78 is 56.8. The first kappa shape index (κ1) is 24.5. The number of rotatable bonds is 5. The average molecular weight is 563 g/mol. The number of aromatic hydroxyl groups is 1. The lowest BCUT2D eigenvalue weighted by atomic mass is 9.89. The topological polar surface area (TPSA) is 88.4 Å². The van der Waals surface area contributed by atoms with Crippen LogP contribution in [0.4, 0.5) is 13.2 Å². The van der Waals surface area contributed by atoms with Gasteiger partial charge in [-0.1, -0.05) is 23.7 Å². The first-order valence-electron chi connectivity index (χ1n) is 8.26. The molecule has 0 fully saturated rings. The molecule has 0 saturated carbocycles. The van der Waals surface area contributed by atoms with Gasteiger partial charge in [-0.3, -0.25) is 0 Å². The number of hydrogen-bond donors (Lipinski definition) is 3. The number of nitrogens with zero attached hydrogens (tertiary/aromatic N) is 1. The maximum atomic E-state index is 14.2. The Balaban J connectivity index is 2.75. The molecule has 2 atom stereocenters. The lowest BCUT2D eigenvalue weighted by Gasteiger charge is -2.38. The Kier molecular flexibility index (Phi) is 7.39. The Hall–Kier alpha value is -0.790. The zero-order chi connectivity index (χ0) is 22.2. The van der Waals surface area contributed by atoms with Crippen LogP contribution in [0.15, 0.2) is 30.3 Å². The number of halogens is 5. The molecule has 3 N–H and O–H groups in total. The van der Waals surface area contributed by atoms with Crippen LogP contribution in [0, 0.1) is 3.57 Å². The quantitative estimate of drug-likeness (QED) is 0.284. The van der Waals surface area contributed by atoms with Crippen LogP contribution in [0.5, 0.6) is 5.75 Å². The Morgan fingerprint density at radius 2 is 1.76 bits per heavy atom. The summed E-state index contributed by atoms with van der Waals surface area (Å²) in [5.41, 5.74) is -3.84. The molecule has 2 aromatic rings. The van der Waals surface area contributed by atoms with Crippen LogP contribution < -0.4 is 4.72 Å². The van der Waals surface area contributed by atoms with E-state index in [1.807, 2.05) is 4.72 Å². The molecular formula is C18H19ClF3IN2O3S. The van der Waals surface area contributed by atoms with E-state index in [1.165, 1.54) is 20.8 Å². The fourth-order valence-electron chi connectivity index (χ4n) is 2.43. The van der Waals surface area contributed by atoms with Crippen LogP contribution in [0.3, 0.4) is 0 Å². The van der Waals surface area contributed by atoms with Crippen molar-refractivity contribution in [2.45, 2.75) is 37.2 Å². The molecule has 0 unspecified atom stereocenters. The van der Waals surface area contributed by atoms with Crippen molar-refractivity contribution >= 4 is 45.6 Å². The molecule has 0 amide bonds. The minimum atomic E-state index is -5.12. The zero-order valence-electron chi connectivity index (χ0n) is 15.6. The molecule has 160 valence electrons. The molecule has 0 bridgehead atoms. The minimum absolute atomic E-state index is 0.186. The molecule has 1 aromatic carbocycles. The highest BCUT2D eigenvalue weighted by atomic mass is 127. The maximum absolute atomic E-state index is 14.2. The third kappa shape index (κ3) is 5.10. The average Bonchev–Trinajstić information content (AvgIpc) is 2.60. The van der Waals surface area contributed by atoms with Crippen LogP contribution in [0.25, 0.3) is 11.3 Å². The van der Waals surface area contributed by atoms with E-state index in [1.54, 1.807) is 24.3 Å². The Morgan fingerprint density at radius 1 is 1.21 bits per heavy atom. The highest BCUT2D eigenvalue weighted by Crippen LogP contribution is 2.46. The fraction of sp³-hybridized carbons (Fsp3) is 0.389. The number of pyridine rings is 1. The van der Waals surface area contributed by atoms with Gasteiger partial charge >= 0.3 is 6.18 Å². The minimum Gasteiger partial charge on any atom is -0.598 e. The molecule has 0 aliphatic carbocycles. The molecule has 11 heteroatoms. The van der Waals surface area contributed by atoms with Crippen LogP contribution in [-0.2, 0) is 16.9 Å². The lowest BCUT2D eigenvalue weighted by molar-refractivity contribution is -0.205. The molecular weight excluding hydrogens is 544 g/mol. The third-order valence-corrected chi connectivity index (χ3v) is 6.64. The first-order valence-corrected chi connectivity index (χ1v) is 10.9. The van der Waals surface area contributed by atoms with Crippen molar-refractivity contribution in [3.8, 4) is 17.0 Å². The van der Waals surface area contributed by atoms with Crippen molar-refractivity contribution in [2.24, 2.45) is 0 Å². The molecule has 29 heavy (non-hydrogen) atoms. The number of nitrogens with one attached hydrogen (secondary N) is 1. The van der Waals surface area contributed by atoms with Gasteiger partial charge in [-0.25, -0.2) is 4.98 Å². The second-order valence-electron chi connectivity index (χ2n) is 7.24. The van der Waals surface area contributed by atoms with Crippen LogP contribution >= 0.6 is 34.2 Å². The Morgan fingerprint density at radius 3 is 2.21 bits per heavy atom. The van der Waals surface area contributed by atoms with E-state index in [-0.39, 0.29) is 10.8 Å². The number of alkyl halides is 3. The standard InChI is InChI=1S/C18H19ClF3IN2O3S/c1-16(2,3)29(28)25-17(9-26,18(20,21)22)12-8-13(19)24-14(15(12)27)10-4-6-11(23)7-5-10/h4-8,25-27H,9H2,1-3H3/t17-,29+/m0/s1. The molecule has 0 aliphatic heterocycles. The summed E-state index contributed by atoms with van der Waals surface area (Å²) in [5.74, 6) is -0.819. The molecule has 0 spiro atoms. The van der Waals surface area contributed by atoms with Gasteiger partial charge in [-0.05, 0) is 61.6 Å². The SMILES string of the molecule is CC(C)(C)[S@@+]([O-])N[C@@](CO)(c1cc(Cl)nc(-c2ccc(I)cc2)c1O)C(F)(F)F. The number of aliphatic hydroxyl groups is 1. The predicted octanol–water partition coefficient (Wildman–Crippen LogP) is 4.51. The lowest BCUT2D eigenvalue weighted by Crippen LogP contribution is -2.61. The summed E-state index contributed by atoms with van der Waals surface area (Å²) in [4.78, 5) is 3.95. The summed E-state index contributed by atoms with van der Waals surface area (Å²) in [5, 5.41) is 20.2. The molecule has 2 rings (SSSR count). The highest BCUT2D eigenvalue weighted by molar-refractivity contribution is 14.1. The van der Waals surface area contributed by atoms with Gasteiger partial charge in [0.25, 0.3) is 0 Å². The van der Waals surface area contributed by atoms with E-state index < -0.39 is 45.7 Å². The highest BCUT2D eigenvalue weighted by Gasteiger charge is 2.61. The maximum Gasteiger partial charge on any atom is 0.417 e. The van der Waals surface area contributed by atoms with E-state index in [0.717, 1.165) is 9.64 Å².